The van der Waals surface area contributed by atoms with Gasteiger partial charge in [0.2, 0.25) is 0 Å². The molecule has 26 heavy (non-hydrogen) atoms. The lowest BCUT2D eigenvalue weighted by atomic mass is 9.80. The van der Waals surface area contributed by atoms with Crippen LogP contribution < -0.4 is 5.32 Å². The number of hydrogen-bond donors (Lipinski definition) is 2. The van der Waals surface area contributed by atoms with E-state index in [1.807, 2.05) is 18.3 Å². The summed E-state index contributed by atoms with van der Waals surface area (Å²) in [6, 6.07) is 10.4. The van der Waals surface area contributed by atoms with Crippen LogP contribution in [0.4, 0.5) is 0 Å². The third-order valence-electron chi connectivity index (χ3n) is 5.79. The first kappa shape index (κ1) is 16.1. The Balaban J connectivity index is 1.46. The lowest BCUT2D eigenvalue weighted by molar-refractivity contribution is 0.378. The number of rotatable bonds is 2. The Morgan fingerprint density at radius 1 is 1.00 bits per heavy atom. The van der Waals surface area contributed by atoms with Crippen LogP contribution in [0.15, 0.2) is 36.5 Å². The molecule has 0 unspecified atom stereocenters. The first-order valence-electron chi connectivity index (χ1n) is 9.36. The molecule has 1 fully saturated rings. The zero-order chi connectivity index (χ0) is 17.5. The number of halogens is 1. The molecule has 2 aliphatic rings. The SMILES string of the molecule is Clc1ccc2c(c1)CNCc1nnc(C3CCC(c4ccc[nH]4)CC3)n1-2. The van der Waals surface area contributed by atoms with Gasteiger partial charge in [-0.05, 0) is 67.5 Å². The average Bonchev–Trinajstić information content (AvgIpc) is 3.30. The second kappa shape index (κ2) is 6.56. The van der Waals surface area contributed by atoms with Crippen molar-refractivity contribution in [2.24, 2.45) is 0 Å². The van der Waals surface area contributed by atoms with Gasteiger partial charge in [-0.1, -0.05) is 11.6 Å². The Kier molecular flexibility index (Phi) is 4.06. The van der Waals surface area contributed by atoms with Crippen molar-refractivity contribution in [3.8, 4) is 5.69 Å². The molecule has 0 spiro atoms. The zero-order valence-electron chi connectivity index (χ0n) is 14.6. The molecule has 0 saturated heterocycles. The summed E-state index contributed by atoms with van der Waals surface area (Å²) in [5.41, 5.74) is 3.74. The molecular weight excluding hydrogens is 346 g/mol. The predicted molar refractivity (Wildman–Crippen MR) is 102 cm³/mol. The zero-order valence-corrected chi connectivity index (χ0v) is 15.3. The van der Waals surface area contributed by atoms with Crippen LogP contribution in [0.25, 0.3) is 5.69 Å². The Bertz CT molecular complexity index is 906. The van der Waals surface area contributed by atoms with Gasteiger partial charge in [0.25, 0.3) is 0 Å². The van der Waals surface area contributed by atoms with E-state index in [1.165, 1.54) is 29.8 Å². The highest BCUT2D eigenvalue weighted by atomic mass is 35.5. The molecule has 1 aliphatic carbocycles. The quantitative estimate of drug-likeness (QED) is 0.710. The summed E-state index contributed by atoms with van der Waals surface area (Å²) in [6.45, 7) is 1.54. The summed E-state index contributed by atoms with van der Waals surface area (Å²) in [5.74, 6) is 3.20. The van der Waals surface area contributed by atoms with E-state index in [0.29, 0.717) is 11.8 Å². The molecule has 134 valence electrons. The minimum absolute atomic E-state index is 0.462. The molecule has 0 radical (unpaired) electrons. The van der Waals surface area contributed by atoms with E-state index >= 15 is 0 Å². The minimum atomic E-state index is 0.462. The van der Waals surface area contributed by atoms with Crippen LogP contribution in [-0.2, 0) is 13.1 Å². The second-order valence-electron chi connectivity index (χ2n) is 7.36. The van der Waals surface area contributed by atoms with Crippen molar-refractivity contribution < 1.29 is 0 Å². The van der Waals surface area contributed by atoms with E-state index in [9.17, 15) is 0 Å². The fourth-order valence-electron chi connectivity index (χ4n) is 4.46. The maximum atomic E-state index is 6.21. The molecule has 1 aliphatic heterocycles. The number of nitrogens with one attached hydrogen (secondary N) is 2. The largest absolute Gasteiger partial charge is 0.365 e. The van der Waals surface area contributed by atoms with Crippen molar-refractivity contribution in [2.75, 3.05) is 0 Å². The minimum Gasteiger partial charge on any atom is -0.365 e. The number of H-pyrrole nitrogens is 1. The van der Waals surface area contributed by atoms with Gasteiger partial charge in [-0.3, -0.25) is 4.57 Å². The summed E-state index contributed by atoms with van der Waals surface area (Å²) in [6.07, 6.45) is 6.71. The fraction of sp³-hybridized carbons (Fsp3) is 0.400. The van der Waals surface area contributed by atoms with Crippen molar-refractivity contribution in [3.05, 3.63) is 64.5 Å². The Hall–Kier alpha value is -2.11. The van der Waals surface area contributed by atoms with Crippen LogP contribution in [0.5, 0.6) is 0 Å². The normalized spacial score (nSPS) is 22.5. The highest BCUT2D eigenvalue weighted by Gasteiger charge is 2.29. The summed E-state index contributed by atoms with van der Waals surface area (Å²) >= 11 is 6.21. The predicted octanol–water partition coefficient (Wildman–Crippen LogP) is 4.29. The highest BCUT2D eigenvalue weighted by molar-refractivity contribution is 6.30. The molecule has 1 saturated carbocycles. The molecule has 1 aromatic carbocycles. The number of fused-ring (bicyclic) bond motifs is 3. The van der Waals surface area contributed by atoms with Crippen molar-refractivity contribution in [2.45, 2.75) is 50.6 Å². The number of nitrogens with zero attached hydrogens (tertiary/aromatic N) is 3. The van der Waals surface area contributed by atoms with E-state index in [2.05, 4.69) is 43.3 Å². The van der Waals surface area contributed by atoms with Crippen molar-refractivity contribution in [1.82, 2.24) is 25.1 Å². The smallest absolute Gasteiger partial charge is 0.151 e. The molecule has 6 heteroatoms. The van der Waals surface area contributed by atoms with E-state index in [0.717, 1.165) is 42.6 Å². The van der Waals surface area contributed by atoms with Crippen LogP contribution in [0.3, 0.4) is 0 Å². The van der Waals surface area contributed by atoms with E-state index in [4.69, 9.17) is 11.6 Å². The third kappa shape index (κ3) is 2.75. The lowest BCUT2D eigenvalue weighted by Gasteiger charge is -2.28. The maximum absolute atomic E-state index is 6.21. The van der Waals surface area contributed by atoms with Gasteiger partial charge in [-0.15, -0.1) is 10.2 Å². The molecule has 0 bridgehead atoms. The average molecular weight is 368 g/mol. The van der Waals surface area contributed by atoms with E-state index < -0.39 is 0 Å². The number of aromatic nitrogens is 4. The first-order chi connectivity index (χ1) is 12.8. The van der Waals surface area contributed by atoms with Crippen molar-refractivity contribution >= 4 is 11.6 Å². The molecule has 3 heterocycles. The van der Waals surface area contributed by atoms with Gasteiger partial charge < -0.3 is 10.3 Å². The summed E-state index contributed by atoms with van der Waals surface area (Å²) < 4.78 is 2.27. The van der Waals surface area contributed by atoms with Gasteiger partial charge in [0.1, 0.15) is 5.82 Å². The highest BCUT2D eigenvalue weighted by Crippen LogP contribution is 2.40. The number of hydrogen-bond acceptors (Lipinski definition) is 3. The molecule has 2 N–H and O–H groups in total. The molecule has 5 nitrogen and oxygen atoms in total. The van der Waals surface area contributed by atoms with E-state index in [-0.39, 0.29) is 0 Å². The molecule has 0 amide bonds. The molecule has 5 rings (SSSR count). The van der Waals surface area contributed by atoms with Gasteiger partial charge in [0.05, 0.1) is 12.2 Å². The van der Waals surface area contributed by atoms with Crippen LogP contribution in [0.2, 0.25) is 5.02 Å². The van der Waals surface area contributed by atoms with Crippen molar-refractivity contribution in [3.63, 3.8) is 0 Å². The fourth-order valence-corrected chi connectivity index (χ4v) is 4.65. The third-order valence-corrected chi connectivity index (χ3v) is 6.03. The van der Waals surface area contributed by atoms with Crippen molar-refractivity contribution in [1.29, 1.82) is 0 Å². The lowest BCUT2D eigenvalue weighted by Crippen LogP contribution is -2.17. The van der Waals surface area contributed by atoms with Crippen LogP contribution in [0, 0.1) is 0 Å². The van der Waals surface area contributed by atoms with Gasteiger partial charge in [-0.2, -0.15) is 0 Å². The number of benzene rings is 1. The van der Waals surface area contributed by atoms with E-state index in [1.54, 1.807) is 0 Å². The standard InChI is InChI=1S/C20H22ClN5/c21-16-7-8-18-15(10-16)11-22-12-19-24-25-20(26(18)19)14-5-3-13(4-6-14)17-2-1-9-23-17/h1-2,7-10,13-14,22-23H,3-6,11-12H2. The second-order valence-corrected chi connectivity index (χ2v) is 7.80. The van der Waals surface area contributed by atoms with Crippen LogP contribution in [-0.4, -0.2) is 19.7 Å². The summed E-state index contributed by atoms with van der Waals surface area (Å²) in [7, 11) is 0. The molecule has 3 aromatic rings. The van der Waals surface area contributed by atoms with Crippen LogP contribution >= 0.6 is 11.6 Å². The Labute approximate surface area is 157 Å². The summed E-state index contributed by atoms with van der Waals surface area (Å²) in [4.78, 5) is 3.38. The summed E-state index contributed by atoms with van der Waals surface area (Å²) in [5, 5.41) is 13.3. The topological polar surface area (TPSA) is 58.5 Å². The van der Waals surface area contributed by atoms with Gasteiger partial charge in [0, 0.05) is 29.4 Å². The maximum Gasteiger partial charge on any atom is 0.151 e. The Morgan fingerprint density at radius 3 is 2.65 bits per heavy atom. The first-order valence-corrected chi connectivity index (χ1v) is 9.74. The molecule has 2 aromatic heterocycles. The molecule has 0 atom stereocenters. The number of aromatic amines is 1. The van der Waals surface area contributed by atoms with Crippen LogP contribution in [0.1, 0.15) is 60.4 Å². The monoisotopic (exact) mass is 367 g/mol. The van der Waals surface area contributed by atoms with Gasteiger partial charge in [0.15, 0.2) is 5.82 Å². The van der Waals surface area contributed by atoms with Gasteiger partial charge >= 0.3 is 0 Å². The Morgan fingerprint density at radius 2 is 1.85 bits per heavy atom. The molecular formula is C20H22ClN5. The van der Waals surface area contributed by atoms with Gasteiger partial charge in [-0.25, -0.2) is 0 Å².